The van der Waals surface area contributed by atoms with Gasteiger partial charge in [0.15, 0.2) is 0 Å². The molecule has 0 spiro atoms. The van der Waals surface area contributed by atoms with Gasteiger partial charge in [0.1, 0.15) is 6.29 Å². The highest BCUT2D eigenvalue weighted by Crippen LogP contribution is 2.23. The molecule has 1 N–H and O–H groups in total. The number of benzene rings is 1. The van der Waals surface area contributed by atoms with E-state index in [0.717, 1.165) is 17.6 Å². The Kier molecular flexibility index (Phi) is 7.22. The summed E-state index contributed by atoms with van der Waals surface area (Å²) in [7, 11) is 1.64. The molecule has 0 radical (unpaired) electrons. The molecule has 104 valence electrons. The maximum absolute atomic E-state index is 11.8. The van der Waals surface area contributed by atoms with Crippen molar-refractivity contribution in [2.75, 3.05) is 20.3 Å². The maximum Gasteiger partial charge on any atom is 0.233 e. The zero-order chi connectivity index (χ0) is 14.1. The molecular weight excluding hydrogens is 262 g/mol. The van der Waals surface area contributed by atoms with E-state index in [4.69, 9.17) is 4.74 Å². The number of aldehydes is 1. The van der Waals surface area contributed by atoms with Crippen LogP contribution in [0, 0.1) is 0 Å². The fourth-order valence-electron chi connectivity index (χ4n) is 1.45. The molecule has 5 heteroatoms. The molecule has 0 saturated carbocycles. The van der Waals surface area contributed by atoms with E-state index in [0.29, 0.717) is 18.7 Å². The third-order valence-electron chi connectivity index (χ3n) is 2.52. The smallest absolute Gasteiger partial charge is 0.233 e. The van der Waals surface area contributed by atoms with Crippen molar-refractivity contribution >= 4 is 24.0 Å². The summed E-state index contributed by atoms with van der Waals surface area (Å²) in [6.07, 6.45) is 1.62. The molecule has 1 aromatic carbocycles. The van der Waals surface area contributed by atoms with Crippen LogP contribution in [0.2, 0.25) is 0 Å². The second kappa shape index (κ2) is 8.72. The van der Waals surface area contributed by atoms with E-state index in [1.165, 1.54) is 11.8 Å². The molecule has 1 unspecified atom stereocenters. The Balaban J connectivity index is 2.37. The number of hydrogen-bond donors (Lipinski definition) is 1. The highest BCUT2D eigenvalue weighted by atomic mass is 32.2. The molecule has 0 fully saturated rings. The first-order valence-corrected chi connectivity index (χ1v) is 7.04. The van der Waals surface area contributed by atoms with Crippen LogP contribution in [0.3, 0.4) is 0 Å². The molecular formula is C14H19NO3S. The van der Waals surface area contributed by atoms with Crippen molar-refractivity contribution in [3.05, 3.63) is 29.8 Å². The standard InChI is InChI=1S/C14H19NO3S/c1-11(14(17)15-8-3-9-18-2)19-13-6-4-12(10-16)5-7-13/h4-7,10-11H,3,8-9H2,1-2H3,(H,15,17). The fourth-order valence-corrected chi connectivity index (χ4v) is 2.35. The van der Waals surface area contributed by atoms with Crippen molar-refractivity contribution in [1.82, 2.24) is 5.32 Å². The number of nitrogens with one attached hydrogen (secondary N) is 1. The van der Waals surface area contributed by atoms with E-state index >= 15 is 0 Å². The molecule has 1 aromatic rings. The first-order chi connectivity index (χ1) is 9.17. The van der Waals surface area contributed by atoms with Crippen molar-refractivity contribution in [1.29, 1.82) is 0 Å². The van der Waals surface area contributed by atoms with Crippen molar-refractivity contribution in [3.8, 4) is 0 Å². The van der Waals surface area contributed by atoms with Crippen molar-refractivity contribution < 1.29 is 14.3 Å². The summed E-state index contributed by atoms with van der Waals surface area (Å²) in [6.45, 7) is 3.14. The molecule has 1 amide bonds. The first-order valence-electron chi connectivity index (χ1n) is 6.16. The van der Waals surface area contributed by atoms with E-state index in [2.05, 4.69) is 5.32 Å². The molecule has 1 rings (SSSR count). The lowest BCUT2D eigenvalue weighted by atomic mass is 10.2. The quantitative estimate of drug-likeness (QED) is 0.450. The minimum absolute atomic E-state index is 0.0144. The minimum Gasteiger partial charge on any atom is -0.385 e. The van der Waals surface area contributed by atoms with Crippen LogP contribution in [0.25, 0.3) is 0 Å². The van der Waals surface area contributed by atoms with E-state index < -0.39 is 0 Å². The van der Waals surface area contributed by atoms with E-state index in [1.807, 2.05) is 19.1 Å². The van der Waals surface area contributed by atoms with Gasteiger partial charge >= 0.3 is 0 Å². The summed E-state index contributed by atoms with van der Waals surface area (Å²) < 4.78 is 4.92. The zero-order valence-electron chi connectivity index (χ0n) is 11.2. The summed E-state index contributed by atoms with van der Waals surface area (Å²) in [5.74, 6) is 0.0144. The van der Waals surface area contributed by atoms with Crippen LogP contribution in [-0.4, -0.2) is 37.7 Å². The molecule has 0 bridgehead atoms. The Hall–Kier alpha value is -1.33. The lowest BCUT2D eigenvalue weighted by Crippen LogP contribution is -2.32. The second-order valence-electron chi connectivity index (χ2n) is 4.08. The Labute approximate surface area is 117 Å². The van der Waals surface area contributed by atoms with Crippen molar-refractivity contribution in [2.24, 2.45) is 0 Å². The Morgan fingerprint density at radius 1 is 1.42 bits per heavy atom. The number of ether oxygens (including phenoxy) is 1. The van der Waals surface area contributed by atoms with Crippen molar-refractivity contribution in [3.63, 3.8) is 0 Å². The summed E-state index contributed by atoms with van der Waals surface area (Å²) in [5, 5.41) is 2.70. The van der Waals surface area contributed by atoms with Crippen LogP contribution >= 0.6 is 11.8 Å². The summed E-state index contributed by atoms with van der Waals surface area (Å²) in [5.41, 5.74) is 0.640. The molecule has 0 aromatic heterocycles. The Bertz CT molecular complexity index is 406. The third-order valence-corrected chi connectivity index (χ3v) is 3.63. The third kappa shape index (κ3) is 5.89. The molecule has 0 aliphatic carbocycles. The number of methoxy groups -OCH3 is 1. The molecule has 0 saturated heterocycles. The zero-order valence-corrected chi connectivity index (χ0v) is 12.0. The monoisotopic (exact) mass is 281 g/mol. The average Bonchev–Trinajstić information content (AvgIpc) is 2.44. The van der Waals surface area contributed by atoms with Crippen LogP contribution in [0.5, 0.6) is 0 Å². The number of hydrogen-bond acceptors (Lipinski definition) is 4. The van der Waals surface area contributed by atoms with Gasteiger partial charge in [0.05, 0.1) is 5.25 Å². The SMILES string of the molecule is COCCCNC(=O)C(C)Sc1ccc(C=O)cc1. The van der Waals surface area contributed by atoms with Crippen LogP contribution in [-0.2, 0) is 9.53 Å². The Morgan fingerprint density at radius 3 is 2.68 bits per heavy atom. The molecule has 0 aliphatic rings. The van der Waals surface area contributed by atoms with Gasteiger partial charge < -0.3 is 10.1 Å². The molecule has 0 aliphatic heterocycles. The number of carbonyl (C=O) groups excluding carboxylic acids is 2. The van der Waals surface area contributed by atoms with Gasteiger partial charge in [0, 0.05) is 30.7 Å². The van der Waals surface area contributed by atoms with Gasteiger partial charge in [-0.25, -0.2) is 0 Å². The second-order valence-corrected chi connectivity index (χ2v) is 5.50. The van der Waals surface area contributed by atoms with Crippen LogP contribution in [0.1, 0.15) is 23.7 Å². The Morgan fingerprint density at radius 2 is 2.11 bits per heavy atom. The summed E-state index contributed by atoms with van der Waals surface area (Å²) in [6, 6.07) is 7.20. The van der Waals surface area contributed by atoms with Crippen LogP contribution in [0.15, 0.2) is 29.2 Å². The van der Waals surface area contributed by atoms with Gasteiger partial charge in [-0.3, -0.25) is 9.59 Å². The summed E-state index contributed by atoms with van der Waals surface area (Å²) >= 11 is 1.48. The highest BCUT2D eigenvalue weighted by molar-refractivity contribution is 8.00. The first kappa shape index (κ1) is 15.7. The van der Waals surface area contributed by atoms with E-state index in [9.17, 15) is 9.59 Å². The van der Waals surface area contributed by atoms with E-state index in [-0.39, 0.29) is 11.2 Å². The van der Waals surface area contributed by atoms with Gasteiger partial charge in [-0.15, -0.1) is 11.8 Å². The lowest BCUT2D eigenvalue weighted by Gasteiger charge is -2.11. The minimum atomic E-state index is -0.162. The molecule has 4 nitrogen and oxygen atoms in total. The topological polar surface area (TPSA) is 55.4 Å². The lowest BCUT2D eigenvalue weighted by molar-refractivity contribution is -0.120. The predicted octanol–water partition coefficient (Wildman–Crippen LogP) is 2.13. The number of carbonyl (C=O) groups is 2. The molecule has 1 atom stereocenters. The predicted molar refractivity (Wildman–Crippen MR) is 76.7 cm³/mol. The normalized spacial score (nSPS) is 11.9. The van der Waals surface area contributed by atoms with Gasteiger partial charge in [-0.2, -0.15) is 0 Å². The largest absolute Gasteiger partial charge is 0.385 e. The van der Waals surface area contributed by atoms with Crippen molar-refractivity contribution in [2.45, 2.75) is 23.5 Å². The highest BCUT2D eigenvalue weighted by Gasteiger charge is 2.13. The van der Waals surface area contributed by atoms with Crippen LogP contribution in [0.4, 0.5) is 0 Å². The van der Waals surface area contributed by atoms with E-state index in [1.54, 1.807) is 19.2 Å². The van der Waals surface area contributed by atoms with Gasteiger partial charge in [0.25, 0.3) is 0 Å². The summed E-state index contributed by atoms with van der Waals surface area (Å²) in [4.78, 5) is 23.3. The number of rotatable bonds is 8. The maximum atomic E-state index is 11.8. The average molecular weight is 281 g/mol. The van der Waals surface area contributed by atoms with Crippen LogP contribution < -0.4 is 5.32 Å². The fraction of sp³-hybridized carbons (Fsp3) is 0.429. The molecule has 0 heterocycles. The van der Waals surface area contributed by atoms with Gasteiger partial charge in [-0.1, -0.05) is 12.1 Å². The molecule has 19 heavy (non-hydrogen) atoms. The number of amides is 1. The van der Waals surface area contributed by atoms with Gasteiger partial charge in [-0.05, 0) is 25.5 Å². The number of thioether (sulfide) groups is 1. The van der Waals surface area contributed by atoms with Gasteiger partial charge in [0.2, 0.25) is 5.91 Å².